The van der Waals surface area contributed by atoms with E-state index in [1.807, 2.05) is 12.1 Å². The maximum atomic E-state index is 12.0. The summed E-state index contributed by atoms with van der Waals surface area (Å²) in [7, 11) is 0. The number of carbonyl (C=O) groups excluding carboxylic acids is 1. The molecule has 0 unspecified atom stereocenters. The summed E-state index contributed by atoms with van der Waals surface area (Å²) in [5.41, 5.74) is 1.22. The largest absolute Gasteiger partial charge is 0.350 e. The number of rotatable bonds is 6. The van der Waals surface area contributed by atoms with Gasteiger partial charge in [0, 0.05) is 25.4 Å². The molecule has 1 aromatic heterocycles. The number of benzene rings is 1. The van der Waals surface area contributed by atoms with Crippen molar-refractivity contribution in [2.75, 3.05) is 13.1 Å². The highest BCUT2D eigenvalue weighted by atomic mass is 16.2. The molecular formula is C18H22N4O3. The van der Waals surface area contributed by atoms with Gasteiger partial charge in [0.1, 0.15) is 6.54 Å². The zero-order chi connectivity index (χ0) is 17.6. The van der Waals surface area contributed by atoms with E-state index in [0.29, 0.717) is 6.54 Å². The van der Waals surface area contributed by atoms with E-state index in [2.05, 4.69) is 27.3 Å². The molecule has 0 spiro atoms. The van der Waals surface area contributed by atoms with Crippen molar-refractivity contribution in [2.24, 2.45) is 0 Å². The normalized spacial score (nSPS) is 14.6. The van der Waals surface area contributed by atoms with Gasteiger partial charge in [0.25, 0.3) is 5.56 Å². The quantitative estimate of drug-likeness (QED) is 0.798. The molecule has 7 nitrogen and oxygen atoms in total. The summed E-state index contributed by atoms with van der Waals surface area (Å²) in [5, 5.41) is 2.78. The number of carbonyl (C=O) groups is 1. The lowest BCUT2D eigenvalue weighted by Crippen LogP contribution is -2.35. The topological polar surface area (TPSA) is 87.2 Å². The second kappa shape index (κ2) is 7.94. The van der Waals surface area contributed by atoms with E-state index in [0.717, 1.165) is 16.7 Å². The van der Waals surface area contributed by atoms with Crippen molar-refractivity contribution in [1.29, 1.82) is 0 Å². The van der Waals surface area contributed by atoms with Gasteiger partial charge in [-0.15, -0.1) is 0 Å². The molecule has 0 atom stereocenters. The first kappa shape index (κ1) is 17.2. The van der Waals surface area contributed by atoms with Gasteiger partial charge in [0.2, 0.25) is 5.91 Å². The Labute approximate surface area is 145 Å². The fraction of sp³-hybridized carbons (Fsp3) is 0.389. The minimum absolute atomic E-state index is 0.122. The Bertz CT molecular complexity index is 832. The highest BCUT2D eigenvalue weighted by molar-refractivity contribution is 5.75. The predicted molar refractivity (Wildman–Crippen MR) is 94.1 cm³/mol. The molecular weight excluding hydrogens is 320 g/mol. The van der Waals surface area contributed by atoms with Crippen LogP contribution in [0.25, 0.3) is 0 Å². The Morgan fingerprint density at radius 2 is 1.72 bits per heavy atom. The molecule has 2 N–H and O–H groups in total. The molecule has 0 radical (unpaired) electrons. The van der Waals surface area contributed by atoms with Crippen LogP contribution in [0.1, 0.15) is 24.0 Å². The molecule has 1 amide bonds. The molecule has 132 valence electrons. The molecule has 2 aromatic rings. The molecule has 0 saturated carbocycles. The van der Waals surface area contributed by atoms with Crippen LogP contribution < -0.4 is 16.6 Å². The molecule has 1 aliphatic heterocycles. The van der Waals surface area contributed by atoms with Gasteiger partial charge < -0.3 is 5.32 Å². The highest BCUT2D eigenvalue weighted by Gasteiger charge is 2.11. The minimum Gasteiger partial charge on any atom is -0.350 e. The number of amides is 1. The fourth-order valence-electron chi connectivity index (χ4n) is 2.94. The SMILES string of the molecule is O=C(Cn1ccc(=O)[nH]c1=O)NCc1ccc(CN2CCCC2)cc1. The molecule has 1 aliphatic rings. The number of aromatic nitrogens is 2. The standard InChI is InChI=1S/C18H22N4O3/c23-16-7-10-22(18(25)20-16)13-17(24)19-11-14-3-5-15(6-4-14)12-21-8-1-2-9-21/h3-7,10H,1-2,8-9,11-13H2,(H,19,24)(H,20,23,25). The van der Waals surface area contributed by atoms with Gasteiger partial charge in [0.15, 0.2) is 0 Å². The molecule has 25 heavy (non-hydrogen) atoms. The number of hydrogen-bond acceptors (Lipinski definition) is 4. The Hall–Kier alpha value is -2.67. The van der Waals surface area contributed by atoms with Gasteiger partial charge in [-0.05, 0) is 37.1 Å². The third-order valence-electron chi connectivity index (χ3n) is 4.33. The van der Waals surface area contributed by atoms with Gasteiger partial charge in [0.05, 0.1) is 0 Å². The monoisotopic (exact) mass is 342 g/mol. The van der Waals surface area contributed by atoms with Crippen molar-refractivity contribution >= 4 is 5.91 Å². The van der Waals surface area contributed by atoms with Crippen molar-refractivity contribution < 1.29 is 4.79 Å². The lowest BCUT2D eigenvalue weighted by atomic mass is 10.1. The van der Waals surface area contributed by atoms with E-state index in [4.69, 9.17) is 0 Å². The second-order valence-electron chi connectivity index (χ2n) is 6.31. The zero-order valence-corrected chi connectivity index (χ0v) is 14.0. The second-order valence-corrected chi connectivity index (χ2v) is 6.31. The fourth-order valence-corrected chi connectivity index (χ4v) is 2.94. The molecule has 1 fully saturated rings. The van der Waals surface area contributed by atoms with Crippen molar-refractivity contribution in [2.45, 2.75) is 32.5 Å². The van der Waals surface area contributed by atoms with Gasteiger partial charge in [-0.3, -0.25) is 24.0 Å². The molecule has 0 aliphatic carbocycles. The van der Waals surface area contributed by atoms with Crippen molar-refractivity contribution in [3.63, 3.8) is 0 Å². The third kappa shape index (κ3) is 4.90. The van der Waals surface area contributed by atoms with E-state index in [-0.39, 0.29) is 12.5 Å². The number of H-pyrrole nitrogens is 1. The summed E-state index contributed by atoms with van der Waals surface area (Å²) in [6, 6.07) is 9.42. The van der Waals surface area contributed by atoms with E-state index in [1.165, 1.54) is 43.8 Å². The number of aromatic amines is 1. The first-order chi connectivity index (χ1) is 12.1. The van der Waals surface area contributed by atoms with Crippen LogP contribution in [0.5, 0.6) is 0 Å². The Morgan fingerprint density at radius 3 is 2.40 bits per heavy atom. The van der Waals surface area contributed by atoms with E-state index in [1.54, 1.807) is 0 Å². The Balaban J connectivity index is 1.49. The Morgan fingerprint density at radius 1 is 1.04 bits per heavy atom. The summed E-state index contributed by atoms with van der Waals surface area (Å²) in [6.07, 6.45) is 3.87. The molecule has 1 aromatic carbocycles. The molecule has 0 bridgehead atoms. The van der Waals surface area contributed by atoms with Gasteiger partial charge in [-0.25, -0.2) is 4.79 Å². The maximum Gasteiger partial charge on any atom is 0.328 e. The molecule has 2 heterocycles. The number of nitrogens with zero attached hydrogens (tertiary/aromatic N) is 2. The van der Waals surface area contributed by atoms with E-state index in [9.17, 15) is 14.4 Å². The predicted octanol–water partition coefficient (Wildman–Crippen LogP) is 0.449. The van der Waals surface area contributed by atoms with Crippen LogP contribution >= 0.6 is 0 Å². The highest BCUT2D eigenvalue weighted by Crippen LogP contribution is 2.13. The van der Waals surface area contributed by atoms with Crippen LogP contribution in [0.4, 0.5) is 0 Å². The van der Waals surface area contributed by atoms with Crippen LogP contribution in [-0.4, -0.2) is 33.4 Å². The molecule has 7 heteroatoms. The average molecular weight is 342 g/mol. The van der Waals surface area contributed by atoms with Crippen molar-refractivity contribution in [3.05, 3.63) is 68.5 Å². The van der Waals surface area contributed by atoms with E-state index >= 15 is 0 Å². The maximum absolute atomic E-state index is 12.0. The third-order valence-corrected chi connectivity index (χ3v) is 4.33. The van der Waals surface area contributed by atoms with Crippen LogP contribution in [0.2, 0.25) is 0 Å². The molecule has 3 rings (SSSR count). The lowest BCUT2D eigenvalue weighted by Gasteiger charge is -2.14. The van der Waals surface area contributed by atoms with Gasteiger partial charge >= 0.3 is 5.69 Å². The smallest absolute Gasteiger partial charge is 0.328 e. The number of nitrogens with one attached hydrogen (secondary N) is 2. The summed E-state index contributed by atoms with van der Waals surface area (Å²) in [4.78, 5) is 39.1. The van der Waals surface area contributed by atoms with Crippen LogP contribution in [0.15, 0.2) is 46.1 Å². The average Bonchev–Trinajstić information content (AvgIpc) is 3.10. The summed E-state index contributed by atoms with van der Waals surface area (Å²) in [5.74, 6) is -0.282. The summed E-state index contributed by atoms with van der Waals surface area (Å²) in [6.45, 7) is 3.59. The minimum atomic E-state index is -0.589. The van der Waals surface area contributed by atoms with Crippen molar-refractivity contribution in [3.8, 4) is 0 Å². The first-order valence-corrected chi connectivity index (χ1v) is 8.47. The zero-order valence-electron chi connectivity index (χ0n) is 14.0. The van der Waals surface area contributed by atoms with Crippen LogP contribution in [0.3, 0.4) is 0 Å². The molecule has 1 saturated heterocycles. The summed E-state index contributed by atoms with van der Waals surface area (Å²) >= 11 is 0. The van der Waals surface area contributed by atoms with Crippen LogP contribution in [-0.2, 0) is 24.4 Å². The van der Waals surface area contributed by atoms with Gasteiger partial charge in [-0.2, -0.15) is 0 Å². The first-order valence-electron chi connectivity index (χ1n) is 8.47. The number of hydrogen-bond donors (Lipinski definition) is 2. The van der Waals surface area contributed by atoms with Crippen molar-refractivity contribution in [1.82, 2.24) is 19.8 Å². The van der Waals surface area contributed by atoms with Crippen LogP contribution in [0, 0.1) is 0 Å². The summed E-state index contributed by atoms with van der Waals surface area (Å²) < 4.78 is 1.16. The van der Waals surface area contributed by atoms with E-state index < -0.39 is 11.2 Å². The number of likely N-dealkylation sites (tertiary alicyclic amines) is 1. The lowest BCUT2D eigenvalue weighted by molar-refractivity contribution is -0.121. The van der Waals surface area contributed by atoms with Gasteiger partial charge in [-0.1, -0.05) is 24.3 Å². The Kier molecular flexibility index (Phi) is 5.45.